The van der Waals surface area contributed by atoms with Crippen molar-refractivity contribution < 1.29 is 19.4 Å². The number of rotatable bonds is 7. The van der Waals surface area contributed by atoms with E-state index < -0.39 is 5.97 Å². The highest BCUT2D eigenvalue weighted by Gasteiger charge is 2.15. The molecule has 21 heavy (non-hydrogen) atoms. The fraction of sp³-hybridized carbons (Fsp3) is 0.692. The molecule has 1 aliphatic rings. The molecule has 1 atom stereocenters. The van der Waals surface area contributed by atoms with Crippen molar-refractivity contribution in [2.45, 2.75) is 51.3 Å². The Kier molecular flexibility index (Phi) is 5.68. The van der Waals surface area contributed by atoms with Gasteiger partial charge in [-0.2, -0.15) is 0 Å². The SMILES string of the molecule is O=C(O)Cn1cc(CNC(=O)CCC2CCCCO2)nn1. The van der Waals surface area contributed by atoms with Crippen molar-refractivity contribution in [2.24, 2.45) is 0 Å². The third-order valence-corrected chi connectivity index (χ3v) is 3.32. The number of aliphatic carboxylic acids is 1. The Morgan fingerprint density at radius 1 is 1.48 bits per heavy atom. The van der Waals surface area contributed by atoms with Crippen LogP contribution in [0.5, 0.6) is 0 Å². The summed E-state index contributed by atoms with van der Waals surface area (Å²) in [5.41, 5.74) is 0.540. The van der Waals surface area contributed by atoms with Crippen molar-refractivity contribution >= 4 is 11.9 Å². The number of ether oxygens (including phenoxy) is 1. The normalized spacial score (nSPS) is 18.4. The van der Waals surface area contributed by atoms with E-state index in [4.69, 9.17) is 9.84 Å². The zero-order valence-electron chi connectivity index (χ0n) is 11.8. The third-order valence-electron chi connectivity index (χ3n) is 3.32. The fourth-order valence-corrected chi connectivity index (χ4v) is 2.24. The minimum Gasteiger partial charge on any atom is -0.480 e. The molecule has 2 rings (SSSR count). The van der Waals surface area contributed by atoms with Crippen molar-refractivity contribution in [3.63, 3.8) is 0 Å². The molecule has 1 amide bonds. The summed E-state index contributed by atoms with van der Waals surface area (Å²) in [7, 11) is 0. The predicted molar refractivity (Wildman–Crippen MR) is 72.3 cm³/mol. The lowest BCUT2D eigenvalue weighted by molar-refractivity contribution is -0.138. The summed E-state index contributed by atoms with van der Waals surface area (Å²) < 4.78 is 6.79. The van der Waals surface area contributed by atoms with Crippen LogP contribution in [0.25, 0.3) is 0 Å². The third kappa shape index (κ3) is 5.50. The summed E-state index contributed by atoms with van der Waals surface area (Å²) in [5, 5.41) is 18.8. The molecular formula is C13H20N4O4. The zero-order chi connectivity index (χ0) is 15.1. The van der Waals surface area contributed by atoms with Crippen molar-refractivity contribution in [3.8, 4) is 0 Å². The largest absolute Gasteiger partial charge is 0.480 e. The van der Waals surface area contributed by atoms with Crippen LogP contribution in [0.3, 0.4) is 0 Å². The van der Waals surface area contributed by atoms with Gasteiger partial charge in [-0.15, -0.1) is 5.10 Å². The first-order valence-corrected chi connectivity index (χ1v) is 7.12. The standard InChI is InChI=1S/C13H20N4O4/c18-12(5-4-11-3-1-2-6-21-11)14-7-10-8-17(16-15-10)9-13(19)20/h8,11H,1-7,9H2,(H,14,18)(H,19,20). The molecule has 1 unspecified atom stereocenters. The first kappa shape index (κ1) is 15.4. The lowest BCUT2D eigenvalue weighted by Crippen LogP contribution is -2.26. The monoisotopic (exact) mass is 296 g/mol. The molecular weight excluding hydrogens is 276 g/mol. The Bertz CT molecular complexity index is 482. The highest BCUT2D eigenvalue weighted by Crippen LogP contribution is 2.16. The van der Waals surface area contributed by atoms with Gasteiger partial charge in [0.1, 0.15) is 12.2 Å². The topological polar surface area (TPSA) is 106 Å². The summed E-state index contributed by atoms with van der Waals surface area (Å²) in [4.78, 5) is 22.2. The average molecular weight is 296 g/mol. The minimum absolute atomic E-state index is 0.0584. The summed E-state index contributed by atoms with van der Waals surface area (Å²) >= 11 is 0. The molecule has 1 aliphatic heterocycles. The maximum Gasteiger partial charge on any atom is 0.325 e. The molecule has 0 bridgehead atoms. The van der Waals surface area contributed by atoms with Gasteiger partial charge in [0, 0.05) is 13.0 Å². The fourth-order valence-electron chi connectivity index (χ4n) is 2.24. The van der Waals surface area contributed by atoms with Crippen molar-refractivity contribution in [1.82, 2.24) is 20.3 Å². The lowest BCUT2D eigenvalue weighted by atomic mass is 10.0. The van der Waals surface area contributed by atoms with E-state index in [0.29, 0.717) is 12.1 Å². The van der Waals surface area contributed by atoms with Gasteiger partial charge < -0.3 is 15.2 Å². The summed E-state index contributed by atoms with van der Waals surface area (Å²) in [6.07, 6.45) is 6.16. The maximum atomic E-state index is 11.7. The van der Waals surface area contributed by atoms with Gasteiger partial charge in [-0.1, -0.05) is 5.21 Å². The van der Waals surface area contributed by atoms with Crippen LogP contribution in [0.1, 0.15) is 37.8 Å². The van der Waals surface area contributed by atoms with E-state index in [2.05, 4.69) is 15.6 Å². The van der Waals surface area contributed by atoms with Crippen LogP contribution >= 0.6 is 0 Å². The summed E-state index contributed by atoms with van der Waals surface area (Å²) in [6.45, 7) is 0.808. The average Bonchev–Trinajstić information content (AvgIpc) is 2.91. The molecule has 2 heterocycles. The number of carboxylic acid groups (broad SMARTS) is 1. The predicted octanol–water partition coefficient (Wildman–Crippen LogP) is 0.328. The number of nitrogens with zero attached hydrogens (tertiary/aromatic N) is 3. The molecule has 8 heteroatoms. The molecule has 1 fully saturated rings. The van der Waals surface area contributed by atoms with Crippen molar-refractivity contribution in [3.05, 3.63) is 11.9 Å². The van der Waals surface area contributed by atoms with E-state index in [1.807, 2.05) is 0 Å². The zero-order valence-corrected chi connectivity index (χ0v) is 11.8. The first-order valence-electron chi connectivity index (χ1n) is 7.12. The molecule has 1 aromatic rings. The molecule has 0 aromatic carbocycles. The van der Waals surface area contributed by atoms with Crippen LogP contribution in [0.2, 0.25) is 0 Å². The molecule has 8 nitrogen and oxygen atoms in total. The van der Waals surface area contributed by atoms with Crippen LogP contribution in [0.4, 0.5) is 0 Å². The Morgan fingerprint density at radius 3 is 3.05 bits per heavy atom. The smallest absolute Gasteiger partial charge is 0.325 e. The van der Waals surface area contributed by atoms with E-state index >= 15 is 0 Å². The highest BCUT2D eigenvalue weighted by atomic mass is 16.5. The van der Waals surface area contributed by atoms with Gasteiger partial charge in [-0.25, -0.2) is 4.68 Å². The molecule has 0 radical (unpaired) electrons. The number of amides is 1. The summed E-state index contributed by atoms with van der Waals surface area (Å²) in [5.74, 6) is -1.04. The van der Waals surface area contributed by atoms with Gasteiger partial charge >= 0.3 is 5.97 Å². The molecule has 2 N–H and O–H groups in total. The first-order chi connectivity index (χ1) is 10.1. The van der Waals surface area contributed by atoms with Gasteiger partial charge in [0.05, 0.1) is 18.8 Å². The molecule has 0 spiro atoms. The van der Waals surface area contributed by atoms with E-state index in [1.54, 1.807) is 0 Å². The Hall–Kier alpha value is -1.96. The van der Waals surface area contributed by atoms with Crippen LogP contribution in [0.15, 0.2) is 6.20 Å². The Morgan fingerprint density at radius 2 is 2.33 bits per heavy atom. The van der Waals surface area contributed by atoms with Crippen LogP contribution in [-0.4, -0.2) is 44.7 Å². The van der Waals surface area contributed by atoms with Crippen molar-refractivity contribution in [2.75, 3.05) is 6.61 Å². The number of carbonyl (C=O) groups is 2. The molecule has 0 saturated carbocycles. The van der Waals surface area contributed by atoms with Gasteiger partial charge in [-0.05, 0) is 25.7 Å². The van der Waals surface area contributed by atoms with E-state index in [0.717, 1.165) is 25.9 Å². The van der Waals surface area contributed by atoms with Gasteiger partial charge in [0.15, 0.2) is 0 Å². The van der Waals surface area contributed by atoms with Crippen LogP contribution in [-0.2, 0) is 27.4 Å². The van der Waals surface area contributed by atoms with Gasteiger partial charge in [0.25, 0.3) is 0 Å². The second kappa shape index (κ2) is 7.72. The van der Waals surface area contributed by atoms with Crippen molar-refractivity contribution in [1.29, 1.82) is 0 Å². The molecule has 116 valence electrons. The second-order valence-electron chi connectivity index (χ2n) is 5.11. The maximum absolute atomic E-state index is 11.7. The number of nitrogens with one attached hydrogen (secondary N) is 1. The molecule has 1 aromatic heterocycles. The Balaban J connectivity index is 1.66. The van der Waals surface area contributed by atoms with Gasteiger partial charge in [0.2, 0.25) is 5.91 Å². The molecule has 0 aliphatic carbocycles. The Labute approximate surface area is 122 Å². The van der Waals surface area contributed by atoms with Crippen LogP contribution in [0, 0.1) is 0 Å². The second-order valence-corrected chi connectivity index (χ2v) is 5.11. The van der Waals surface area contributed by atoms with Crippen LogP contribution < -0.4 is 5.32 Å². The molecule has 1 saturated heterocycles. The number of carboxylic acids is 1. The van der Waals surface area contributed by atoms with E-state index in [-0.39, 0.29) is 25.1 Å². The summed E-state index contributed by atoms with van der Waals surface area (Å²) in [6, 6.07) is 0. The quantitative estimate of drug-likeness (QED) is 0.751. The van der Waals surface area contributed by atoms with E-state index in [1.165, 1.54) is 17.3 Å². The number of carbonyl (C=O) groups excluding carboxylic acids is 1. The van der Waals surface area contributed by atoms with E-state index in [9.17, 15) is 9.59 Å². The number of hydrogen-bond acceptors (Lipinski definition) is 5. The van der Waals surface area contributed by atoms with Gasteiger partial charge in [-0.3, -0.25) is 9.59 Å². The highest BCUT2D eigenvalue weighted by molar-refractivity contribution is 5.75. The number of hydrogen-bond donors (Lipinski definition) is 2. The lowest BCUT2D eigenvalue weighted by Gasteiger charge is -2.22. The minimum atomic E-state index is -0.983. The number of aromatic nitrogens is 3.